The van der Waals surface area contributed by atoms with Crippen LogP contribution < -0.4 is 0 Å². The number of halogens is 1. The lowest BCUT2D eigenvalue weighted by Gasteiger charge is -2.41. The highest BCUT2D eigenvalue weighted by Crippen LogP contribution is 2.31. The van der Waals surface area contributed by atoms with Gasteiger partial charge in [0, 0.05) is 43.6 Å². The van der Waals surface area contributed by atoms with E-state index in [1.165, 1.54) is 11.1 Å². The van der Waals surface area contributed by atoms with Crippen LogP contribution in [-0.4, -0.2) is 58.5 Å². The van der Waals surface area contributed by atoms with Gasteiger partial charge in [0.2, 0.25) is 5.91 Å². The molecule has 0 N–H and O–H groups in total. The van der Waals surface area contributed by atoms with E-state index in [-0.39, 0.29) is 18.0 Å². The molecule has 2 atom stereocenters. The first-order valence-corrected chi connectivity index (χ1v) is 12.9. The molecule has 0 radical (unpaired) electrons. The normalized spacial score (nSPS) is 16.6. The quantitative estimate of drug-likeness (QED) is 0.446. The molecule has 3 aromatic rings. The lowest BCUT2D eigenvalue weighted by Crippen LogP contribution is -2.51. The molecule has 0 unspecified atom stereocenters. The molecular weight excluding hydrogens is 438 g/mol. The molecule has 0 bridgehead atoms. The van der Waals surface area contributed by atoms with Crippen molar-refractivity contribution in [2.45, 2.75) is 18.5 Å². The Morgan fingerprint density at radius 2 is 1.53 bits per heavy atom. The van der Waals surface area contributed by atoms with E-state index in [1.54, 1.807) is 11.8 Å². The van der Waals surface area contributed by atoms with Gasteiger partial charge in [0.05, 0.1) is 6.04 Å². The van der Waals surface area contributed by atoms with Gasteiger partial charge in [0.15, 0.2) is 0 Å². The molecule has 32 heavy (non-hydrogen) atoms. The van der Waals surface area contributed by atoms with Gasteiger partial charge in [0.25, 0.3) is 0 Å². The van der Waals surface area contributed by atoms with Crippen LogP contribution in [0.5, 0.6) is 0 Å². The fourth-order valence-corrected chi connectivity index (χ4v) is 5.08. The predicted octanol–water partition coefficient (Wildman–Crippen LogP) is 5.37. The molecular formula is C26H30ClN3OS. The summed E-state index contributed by atoms with van der Waals surface area (Å²) in [5.74, 6) is 1.21. The Hall–Kier alpha value is -2.21. The van der Waals surface area contributed by atoms with Crippen LogP contribution in [0.4, 0.5) is 0 Å². The Balaban J connectivity index is 1.49. The highest BCUT2D eigenvalue weighted by molar-refractivity contribution is 7.98. The fraction of sp³-hybridized carbons (Fsp3) is 0.346. The van der Waals surface area contributed by atoms with E-state index < -0.39 is 0 Å². The zero-order chi connectivity index (χ0) is 22.3. The molecule has 1 aliphatic rings. The molecule has 2 aromatic carbocycles. The standard InChI is InChI=1S/C26H30ClN3OS/c1-32-20-13-24(28-14-5-6-15-28)26(31)30-18-16-29(17-19-30)25(21-7-3-2-4-8-21)22-9-11-23(27)12-10-22/h2-12,14-15,24-25H,13,16-20H2,1H3/t24-,25+/m0/s1. The highest BCUT2D eigenvalue weighted by Gasteiger charge is 2.31. The second-order valence-electron chi connectivity index (χ2n) is 8.15. The molecule has 2 heterocycles. The fourth-order valence-electron chi connectivity index (χ4n) is 4.49. The number of amides is 1. The van der Waals surface area contributed by atoms with Gasteiger partial charge in [-0.1, -0.05) is 54.1 Å². The van der Waals surface area contributed by atoms with Crippen molar-refractivity contribution in [1.29, 1.82) is 0 Å². The van der Waals surface area contributed by atoms with Crippen LogP contribution in [0.15, 0.2) is 79.1 Å². The van der Waals surface area contributed by atoms with Crippen LogP contribution in [-0.2, 0) is 4.79 Å². The third-order valence-electron chi connectivity index (χ3n) is 6.16. The minimum atomic E-state index is -0.120. The summed E-state index contributed by atoms with van der Waals surface area (Å²) in [6.45, 7) is 3.17. The Bertz CT molecular complexity index is 970. The summed E-state index contributed by atoms with van der Waals surface area (Å²) in [7, 11) is 0. The summed E-state index contributed by atoms with van der Waals surface area (Å²) in [6.07, 6.45) is 6.96. The smallest absolute Gasteiger partial charge is 0.245 e. The summed E-state index contributed by atoms with van der Waals surface area (Å²) < 4.78 is 2.06. The maximum absolute atomic E-state index is 13.4. The van der Waals surface area contributed by atoms with Crippen LogP contribution in [0, 0.1) is 0 Å². The van der Waals surface area contributed by atoms with Crippen molar-refractivity contribution in [3.05, 3.63) is 95.3 Å². The van der Waals surface area contributed by atoms with Crippen molar-refractivity contribution < 1.29 is 4.79 Å². The van der Waals surface area contributed by atoms with E-state index in [9.17, 15) is 4.79 Å². The van der Waals surface area contributed by atoms with Gasteiger partial charge in [-0.2, -0.15) is 11.8 Å². The second-order valence-corrected chi connectivity index (χ2v) is 9.58. The summed E-state index contributed by atoms with van der Waals surface area (Å²) in [5, 5.41) is 0.747. The number of rotatable bonds is 8. The summed E-state index contributed by atoms with van der Waals surface area (Å²) >= 11 is 7.94. The molecule has 4 rings (SSSR count). The van der Waals surface area contributed by atoms with Crippen LogP contribution in [0.25, 0.3) is 0 Å². The van der Waals surface area contributed by atoms with Crippen molar-refractivity contribution in [2.75, 3.05) is 38.2 Å². The van der Waals surface area contributed by atoms with Crippen LogP contribution in [0.1, 0.15) is 29.6 Å². The minimum absolute atomic E-state index is 0.120. The Morgan fingerprint density at radius 3 is 2.16 bits per heavy atom. The van der Waals surface area contributed by atoms with Gasteiger partial charge < -0.3 is 9.47 Å². The van der Waals surface area contributed by atoms with Crippen molar-refractivity contribution in [2.24, 2.45) is 0 Å². The topological polar surface area (TPSA) is 28.5 Å². The zero-order valence-electron chi connectivity index (χ0n) is 18.4. The molecule has 1 amide bonds. The van der Waals surface area contributed by atoms with Crippen molar-refractivity contribution in [1.82, 2.24) is 14.4 Å². The Morgan fingerprint density at radius 1 is 0.906 bits per heavy atom. The number of benzene rings is 2. The lowest BCUT2D eigenvalue weighted by molar-refractivity contribution is -0.136. The number of nitrogens with zero attached hydrogens (tertiary/aromatic N) is 3. The molecule has 4 nitrogen and oxygen atoms in total. The number of piperazine rings is 1. The minimum Gasteiger partial charge on any atom is -0.342 e. The highest BCUT2D eigenvalue weighted by atomic mass is 35.5. The molecule has 1 saturated heterocycles. The first-order valence-electron chi connectivity index (χ1n) is 11.1. The Labute approximate surface area is 200 Å². The SMILES string of the molecule is CSCC[C@@H](C(=O)N1CCN([C@H](c2ccccc2)c2ccc(Cl)cc2)CC1)n1cccc1. The van der Waals surface area contributed by atoms with Crippen LogP contribution >= 0.6 is 23.4 Å². The number of hydrogen-bond donors (Lipinski definition) is 0. The van der Waals surface area contributed by atoms with Gasteiger partial charge in [0.1, 0.15) is 6.04 Å². The number of carbonyl (C=O) groups excluding carboxylic acids is 1. The van der Waals surface area contributed by atoms with Crippen molar-refractivity contribution in [3.8, 4) is 0 Å². The number of carbonyl (C=O) groups is 1. The van der Waals surface area contributed by atoms with E-state index in [4.69, 9.17) is 11.6 Å². The van der Waals surface area contributed by atoms with Gasteiger partial charge >= 0.3 is 0 Å². The number of aromatic nitrogens is 1. The average Bonchev–Trinajstić information content (AvgIpc) is 3.36. The predicted molar refractivity (Wildman–Crippen MR) is 134 cm³/mol. The van der Waals surface area contributed by atoms with Gasteiger partial charge in [-0.25, -0.2) is 0 Å². The van der Waals surface area contributed by atoms with Crippen LogP contribution in [0.3, 0.4) is 0 Å². The molecule has 1 aromatic heterocycles. The third-order valence-corrected chi connectivity index (χ3v) is 7.06. The molecule has 1 aliphatic heterocycles. The second kappa shape index (κ2) is 11.1. The van der Waals surface area contributed by atoms with Crippen molar-refractivity contribution in [3.63, 3.8) is 0 Å². The van der Waals surface area contributed by atoms with Gasteiger partial charge in [-0.3, -0.25) is 9.69 Å². The summed E-state index contributed by atoms with van der Waals surface area (Å²) in [5.41, 5.74) is 2.49. The van der Waals surface area contributed by atoms with E-state index >= 15 is 0 Å². The van der Waals surface area contributed by atoms with Crippen LogP contribution in [0.2, 0.25) is 5.02 Å². The number of hydrogen-bond acceptors (Lipinski definition) is 3. The van der Waals surface area contributed by atoms with E-state index in [0.29, 0.717) is 0 Å². The average molecular weight is 468 g/mol. The van der Waals surface area contributed by atoms with E-state index in [0.717, 1.165) is 43.4 Å². The van der Waals surface area contributed by atoms with Crippen molar-refractivity contribution >= 4 is 29.3 Å². The molecule has 0 saturated carbocycles. The van der Waals surface area contributed by atoms with E-state index in [2.05, 4.69) is 58.2 Å². The zero-order valence-corrected chi connectivity index (χ0v) is 20.0. The van der Waals surface area contributed by atoms with Gasteiger partial charge in [-0.15, -0.1) is 0 Å². The molecule has 1 fully saturated rings. The first-order chi connectivity index (χ1) is 15.7. The lowest BCUT2D eigenvalue weighted by atomic mass is 9.96. The molecule has 0 spiro atoms. The molecule has 6 heteroatoms. The van der Waals surface area contributed by atoms with E-state index in [1.807, 2.05) is 41.6 Å². The first kappa shape index (κ1) is 23.0. The van der Waals surface area contributed by atoms with Gasteiger partial charge in [-0.05, 0) is 53.8 Å². The maximum atomic E-state index is 13.4. The number of thioether (sulfide) groups is 1. The Kier molecular flexibility index (Phi) is 7.95. The third kappa shape index (κ3) is 5.40. The summed E-state index contributed by atoms with van der Waals surface area (Å²) in [4.78, 5) is 17.9. The molecule has 0 aliphatic carbocycles. The maximum Gasteiger partial charge on any atom is 0.245 e. The molecule has 168 valence electrons. The monoisotopic (exact) mass is 467 g/mol. The largest absolute Gasteiger partial charge is 0.342 e. The summed E-state index contributed by atoms with van der Waals surface area (Å²) in [6, 6.07) is 22.8.